The number of nitrogens with zero attached hydrogens (tertiary/aromatic N) is 4. The summed E-state index contributed by atoms with van der Waals surface area (Å²) in [7, 11) is 0. The number of aryl methyl sites for hydroxylation is 1. The van der Waals surface area contributed by atoms with Gasteiger partial charge in [-0.1, -0.05) is 16.4 Å². The van der Waals surface area contributed by atoms with Crippen molar-refractivity contribution in [2.24, 2.45) is 0 Å². The summed E-state index contributed by atoms with van der Waals surface area (Å²) in [6, 6.07) is 5.40. The Hall–Kier alpha value is -2.81. The molecule has 1 aliphatic heterocycles. The topological polar surface area (TPSA) is 105 Å². The van der Waals surface area contributed by atoms with Crippen LogP contribution >= 0.6 is 11.3 Å². The maximum atomic E-state index is 12.6. The van der Waals surface area contributed by atoms with Crippen molar-refractivity contribution in [2.45, 2.75) is 32.1 Å². The SMILES string of the molecule is Cc1nonc1CC(=O)N1CCC[C@H](c2nc(-c3cccs3)cc(=O)[nH]2)C1. The molecule has 1 fully saturated rings. The number of aromatic amines is 1. The minimum Gasteiger partial charge on any atom is -0.342 e. The van der Waals surface area contributed by atoms with E-state index in [2.05, 4.69) is 24.9 Å². The maximum Gasteiger partial charge on any atom is 0.251 e. The van der Waals surface area contributed by atoms with Crippen LogP contribution in [0, 0.1) is 6.92 Å². The first-order valence-corrected chi connectivity index (χ1v) is 9.69. The smallest absolute Gasteiger partial charge is 0.251 e. The molecule has 0 spiro atoms. The lowest BCUT2D eigenvalue weighted by atomic mass is 9.96. The number of amides is 1. The van der Waals surface area contributed by atoms with E-state index in [4.69, 9.17) is 0 Å². The summed E-state index contributed by atoms with van der Waals surface area (Å²) in [5, 5.41) is 9.46. The van der Waals surface area contributed by atoms with Gasteiger partial charge in [0.15, 0.2) is 0 Å². The van der Waals surface area contributed by atoms with Crippen molar-refractivity contribution in [3.05, 3.63) is 51.1 Å². The second kappa shape index (κ2) is 7.43. The largest absolute Gasteiger partial charge is 0.342 e. The normalized spacial score (nSPS) is 17.2. The molecule has 1 aliphatic rings. The van der Waals surface area contributed by atoms with Crippen molar-refractivity contribution in [1.82, 2.24) is 25.2 Å². The first kappa shape index (κ1) is 17.6. The summed E-state index contributed by atoms with van der Waals surface area (Å²) >= 11 is 1.55. The number of hydrogen-bond acceptors (Lipinski definition) is 7. The van der Waals surface area contributed by atoms with E-state index in [1.165, 1.54) is 6.07 Å². The van der Waals surface area contributed by atoms with Gasteiger partial charge >= 0.3 is 0 Å². The fraction of sp³-hybridized carbons (Fsp3) is 0.389. The highest BCUT2D eigenvalue weighted by Crippen LogP contribution is 2.27. The Balaban J connectivity index is 1.52. The van der Waals surface area contributed by atoms with Crippen molar-refractivity contribution < 1.29 is 9.42 Å². The standard InChI is InChI=1S/C18H19N5O3S/c1-11-13(22-26-21-11)9-17(25)23-6-2-4-12(10-23)18-19-14(8-16(24)20-18)15-5-3-7-27-15/h3,5,7-8,12H,2,4,6,9-10H2,1H3,(H,19,20,24)/t12-/m0/s1. The molecular formula is C18H19N5O3S. The second-order valence-electron chi connectivity index (χ2n) is 6.65. The molecule has 1 saturated heterocycles. The first-order chi connectivity index (χ1) is 13.1. The molecule has 3 aromatic heterocycles. The van der Waals surface area contributed by atoms with Crippen molar-refractivity contribution in [3.8, 4) is 10.6 Å². The van der Waals surface area contributed by atoms with Gasteiger partial charge in [-0.15, -0.1) is 11.3 Å². The molecule has 4 heterocycles. The Morgan fingerprint density at radius 1 is 1.44 bits per heavy atom. The summed E-state index contributed by atoms with van der Waals surface area (Å²) in [4.78, 5) is 35.0. The fourth-order valence-electron chi connectivity index (χ4n) is 3.31. The number of aromatic nitrogens is 4. The highest BCUT2D eigenvalue weighted by molar-refractivity contribution is 7.13. The molecule has 9 heteroatoms. The van der Waals surface area contributed by atoms with E-state index >= 15 is 0 Å². The highest BCUT2D eigenvalue weighted by Gasteiger charge is 2.27. The van der Waals surface area contributed by atoms with Crippen LogP contribution in [0.25, 0.3) is 10.6 Å². The molecule has 1 amide bonds. The zero-order chi connectivity index (χ0) is 18.8. The van der Waals surface area contributed by atoms with Crippen molar-refractivity contribution in [2.75, 3.05) is 13.1 Å². The summed E-state index contributed by atoms with van der Waals surface area (Å²) in [5.74, 6) is 0.629. The lowest BCUT2D eigenvalue weighted by Gasteiger charge is -2.32. The van der Waals surface area contributed by atoms with Crippen molar-refractivity contribution in [3.63, 3.8) is 0 Å². The molecule has 1 atom stereocenters. The number of H-pyrrole nitrogens is 1. The quantitative estimate of drug-likeness (QED) is 0.738. The molecule has 140 valence electrons. The van der Waals surface area contributed by atoms with E-state index in [0.717, 1.165) is 17.7 Å². The number of piperidine rings is 1. The summed E-state index contributed by atoms with van der Waals surface area (Å²) in [5.41, 5.74) is 1.70. The van der Waals surface area contributed by atoms with Crippen molar-refractivity contribution in [1.29, 1.82) is 0 Å². The number of rotatable bonds is 4. The van der Waals surface area contributed by atoms with E-state index in [1.54, 1.807) is 23.2 Å². The molecule has 0 bridgehead atoms. The molecule has 4 rings (SSSR count). The summed E-state index contributed by atoms with van der Waals surface area (Å²) < 4.78 is 4.67. The molecule has 0 aliphatic carbocycles. The van der Waals surface area contributed by atoms with Crippen LogP contribution in [0.3, 0.4) is 0 Å². The monoisotopic (exact) mass is 385 g/mol. The van der Waals surface area contributed by atoms with Gasteiger partial charge in [-0.25, -0.2) is 9.61 Å². The number of carbonyl (C=O) groups excluding carboxylic acids is 1. The number of thiophene rings is 1. The molecule has 0 aromatic carbocycles. The number of likely N-dealkylation sites (tertiary alicyclic amines) is 1. The Labute approximate surface area is 159 Å². The number of hydrogen-bond donors (Lipinski definition) is 1. The van der Waals surface area contributed by atoms with E-state index in [9.17, 15) is 9.59 Å². The van der Waals surface area contributed by atoms with Gasteiger partial charge in [-0.05, 0) is 31.2 Å². The molecule has 3 aromatic rings. The van der Waals surface area contributed by atoms with E-state index in [0.29, 0.717) is 36.0 Å². The van der Waals surface area contributed by atoms with Crippen LogP contribution in [0.5, 0.6) is 0 Å². The minimum absolute atomic E-state index is 0.00634. The maximum absolute atomic E-state index is 12.6. The summed E-state index contributed by atoms with van der Waals surface area (Å²) in [6.07, 6.45) is 1.91. The predicted octanol–water partition coefficient (Wildman–Crippen LogP) is 2.14. The van der Waals surface area contributed by atoms with Crippen LogP contribution in [-0.4, -0.2) is 44.2 Å². The Bertz CT molecular complexity index is 995. The lowest BCUT2D eigenvalue weighted by Crippen LogP contribution is -2.40. The van der Waals surface area contributed by atoms with Crippen LogP contribution in [0.4, 0.5) is 0 Å². The molecule has 27 heavy (non-hydrogen) atoms. The molecule has 0 unspecified atom stereocenters. The average molecular weight is 385 g/mol. The fourth-order valence-corrected chi connectivity index (χ4v) is 4.00. The van der Waals surface area contributed by atoms with Gasteiger partial charge in [-0.3, -0.25) is 9.59 Å². The third-order valence-corrected chi connectivity index (χ3v) is 5.65. The zero-order valence-corrected chi connectivity index (χ0v) is 15.7. The van der Waals surface area contributed by atoms with Gasteiger partial charge in [0.25, 0.3) is 5.56 Å². The Morgan fingerprint density at radius 3 is 3.07 bits per heavy atom. The molecule has 0 saturated carbocycles. The lowest BCUT2D eigenvalue weighted by molar-refractivity contribution is -0.131. The third-order valence-electron chi connectivity index (χ3n) is 4.76. The summed E-state index contributed by atoms with van der Waals surface area (Å²) in [6.45, 7) is 2.98. The van der Waals surface area contributed by atoms with Gasteiger partial charge in [-0.2, -0.15) is 0 Å². The molecular weight excluding hydrogens is 366 g/mol. The highest BCUT2D eigenvalue weighted by atomic mass is 32.1. The van der Waals surface area contributed by atoms with Crippen molar-refractivity contribution >= 4 is 17.2 Å². The molecule has 0 radical (unpaired) electrons. The number of nitrogens with one attached hydrogen (secondary N) is 1. The van der Waals surface area contributed by atoms with E-state index in [-0.39, 0.29) is 23.8 Å². The van der Waals surface area contributed by atoms with E-state index < -0.39 is 0 Å². The van der Waals surface area contributed by atoms with Gasteiger partial charge in [0.1, 0.15) is 17.2 Å². The Morgan fingerprint density at radius 2 is 2.33 bits per heavy atom. The van der Waals surface area contributed by atoms with Crippen LogP contribution in [-0.2, 0) is 11.2 Å². The average Bonchev–Trinajstić information content (AvgIpc) is 3.34. The zero-order valence-electron chi connectivity index (χ0n) is 14.8. The number of carbonyl (C=O) groups is 1. The van der Waals surface area contributed by atoms with Gasteiger partial charge in [0, 0.05) is 25.1 Å². The van der Waals surface area contributed by atoms with Crippen LogP contribution in [0.1, 0.15) is 36.0 Å². The van der Waals surface area contributed by atoms with Crippen LogP contribution in [0.2, 0.25) is 0 Å². The van der Waals surface area contributed by atoms with Gasteiger partial charge in [0.2, 0.25) is 5.91 Å². The van der Waals surface area contributed by atoms with Crippen LogP contribution in [0.15, 0.2) is 33.0 Å². The molecule has 1 N–H and O–H groups in total. The Kier molecular flexibility index (Phi) is 4.85. The second-order valence-corrected chi connectivity index (χ2v) is 7.59. The van der Waals surface area contributed by atoms with Gasteiger partial charge < -0.3 is 9.88 Å². The first-order valence-electron chi connectivity index (χ1n) is 8.81. The van der Waals surface area contributed by atoms with Crippen LogP contribution < -0.4 is 5.56 Å². The minimum atomic E-state index is -0.170. The van der Waals surface area contributed by atoms with E-state index in [1.807, 2.05) is 17.5 Å². The van der Waals surface area contributed by atoms with Gasteiger partial charge in [0.05, 0.1) is 17.0 Å². The molecule has 8 nitrogen and oxygen atoms in total. The third kappa shape index (κ3) is 3.82. The predicted molar refractivity (Wildman–Crippen MR) is 99.5 cm³/mol.